The maximum atomic E-state index is 12.4. The average Bonchev–Trinajstić information content (AvgIpc) is 2.23. The quantitative estimate of drug-likeness (QED) is 0.901. The molecule has 1 aromatic carbocycles. The van der Waals surface area contributed by atoms with Gasteiger partial charge in [-0.1, -0.05) is 28.1 Å². The monoisotopic (exact) mass is 312 g/mol. The maximum absolute atomic E-state index is 12.4. The van der Waals surface area contributed by atoms with Gasteiger partial charge in [0.2, 0.25) is 0 Å². The lowest BCUT2D eigenvalue weighted by Gasteiger charge is -2.23. The molecule has 0 amide bonds. The van der Waals surface area contributed by atoms with E-state index in [1.807, 2.05) is 0 Å². The Hall–Kier alpha value is -0.590. The van der Waals surface area contributed by atoms with Gasteiger partial charge in [0.05, 0.1) is 6.61 Å². The lowest BCUT2D eigenvalue weighted by Crippen LogP contribution is -2.36. The maximum Gasteiger partial charge on any atom is 0.415 e. The number of hydrogen-bond acceptors (Lipinski definition) is 2. The van der Waals surface area contributed by atoms with E-state index in [2.05, 4.69) is 15.9 Å². The summed E-state index contributed by atoms with van der Waals surface area (Å²) >= 11 is 3.20. The van der Waals surface area contributed by atoms with Crippen LogP contribution < -0.4 is 0 Å². The molecular formula is C11H12BrF3O2. The van der Waals surface area contributed by atoms with Crippen molar-refractivity contribution in [3.63, 3.8) is 0 Å². The zero-order chi connectivity index (χ0) is 13.2. The van der Waals surface area contributed by atoms with E-state index in [9.17, 15) is 13.2 Å². The minimum atomic E-state index is -4.75. The van der Waals surface area contributed by atoms with Crippen LogP contribution in [0.3, 0.4) is 0 Å². The smallest absolute Gasteiger partial charge is 0.396 e. The summed E-state index contributed by atoms with van der Waals surface area (Å²) in [5.74, 6) is -1.37. The van der Waals surface area contributed by atoms with Gasteiger partial charge in [0.15, 0.2) is 6.10 Å². The second-order valence-corrected chi connectivity index (χ2v) is 4.64. The van der Waals surface area contributed by atoms with Crippen molar-refractivity contribution in [2.75, 3.05) is 6.61 Å². The molecule has 2 unspecified atom stereocenters. The molecule has 2 nitrogen and oxygen atoms in total. The Morgan fingerprint density at radius 3 is 2.35 bits per heavy atom. The molecule has 0 saturated heterocycles. The molecular weight excluding hydrogens is 301 g/mol. The number of aliphatic hydroxyl groups is 2. The molecule has 2 N–H and O–H groups in total. The summed E-state index contributed by atoms with van der Waals surface area (Å²) in [6.45, 7) is 1.03. The van der Waals surface area contributed by atoms with E-state index in [-0.39, 0.29) is 5.56 Å². The lowest BCUT2D eigenvalue weighted by molar-refractivity contribution is -0.213. The zero-order valence-corrected chi connectivity index (χ0v) is 10.6. The molecule has 0 fully saturated rings. The highest BCUT2D eigenvalue weighted by molar-refractivity contribution is 9.10. The molecule has 96 valence electrons. The minimum Gasteiger partial charge on any atom is -0.396 e. The molecule has 0 bridgehead atoms. The molecule has 1 rings (SSSR count). The van der Waals surface area contributed by atoms with Crippen molar-refractivity contribution in [2.24, 2.45) is 0 Å². The fourth-order valence-electron chi connectivity index (χ4n) is 1.46. The average molecular weight is 313 g/mol. The molecule has 0 aromatic heterocycles. The van der Waals surface area contributed by atoms with Crippen molar-refractivity contribution in [3.8, 4) is 0 Å². The Bertz CT molecular complexity index is 393. The van der Waals surface area contributed by atoms with Crippen LogP contribution >= 0.6 is 15.9 Å². The highest BCUT2D eigenvalue weighted by Crippen LogP contribution is 2.33. The van der Waals surface area contributed by atoms with Crippen LogP contribution in [0.15, 0.2) is 22.7 Å². The van der Waals surface area contributed by atoms with Gasteiger partial charge in [0, 0.05) is 10.4 Å². The van der Waals surface area contributed by atoms with E-state index < -0.39 is 24.8 Å². The first-order chi connectivity index (χ1) is 7.77. The molecule has 1 aromatic rings. The van der Waals surface area contributed by atoms with Crippen molar-refractivity contribution < 1.29 is 23.4 Å². The zero-order valence-electron chi connectivity index (χ0n) is 9.00. The Balaban J connectivity index is 3.05. The van der Waals surface area contributed by atoms with Crippen LogP contribution in [0.4, 0.5) is 13.2 Å². The summed E-state index contributed by atoms with van der Waals surface area (Å²) in [6.07, 6.45) is -7.31. The van der Waals surface area contributed by atoms with Crippen LogP contribution in [0.1, 0.15) is 17.0 Å². The third-order valence-corrected chi connectivity index (χ3v) is 3.39. The molecule has 0 spiro atoms. The molecule has 2 atom stereocenters. The second-order valence-electron chi connectivity index (χ2n) is 3.78. The van der Waals surface area contributed by atoms with E-state index in [1.54, 1.807) is 13.0 Å². The van der Waals surface area contributed by atoms with E-state index in [4.69, 9.17) is 10.2 Å². The van der Waals surface area contributed by atoms with E-state index >= 15 is 0 Å². The van der Waals surface area contributed by atoms with Gasteiger partial charge < -0.3 is 10.2 Å². The Morgan fingerprint density at radius 1 is 1.35 bits per heavy atom. The van der Waals surface area contributed by atoms with Gasteiger partial charge in [-0.15, -0.1) is 0 Å². The van der Waals surface area contributed by atoms with Gasteiger partial charge in [-0.05, 0) is 24.1 Å². The number of alkyl halides is 3. The first kappa shape index (κ1) is 14.5. The number of hydrogen-bond donors (Lipinski definition) is 2. The van der Waals surface area contributed by atoms with Crippen LogP contribution in [-0.2, 0) is 0 Å². The third-order valence-electron chi connectivity index (χ3n) is 2.54. The number of aliphatic hydroxyl groups excluding tert-OH is 2. The molecule has 0 heterocycles. The molecule has 0 aliphatic carbocycles. The van der Waals surface area contributed by atoms with Crippen molar-refractivity contribution in [2.45, 2.75) is 25.1 Å². The van der Waals surface area contributed by atoms with E-state index in [0.717, 1.165) is 5.56 Å². The Labute approximate surface area is 105 Å². The summed E-state index contributed by atoms with van der Waals surface area (Å²) in [7, 11) is 0. The van der Waals surface area contributed by atoms with Gasteiger partial charge >= 0.3 is 6.18 Å². The molecule has 0 saturated carbocycles. The largest absolute Gasteiger partial charge is 0.415 e. The number of aryl methyl sites for hydroxylation is 1. The van der Waals surface area contributed by atoms with Crippen molar-refractivity contribution >= 4 is 15.9 Å². The molecule has 0 radical (unpaired) electrons. The van der Waals surface area contributed by atoms with Gasteiger partial charge in [-0.25, -0.2) is 0 Å². The van der Waals surface area contributed by atoms with Crippen molar-refractivity contribution in [1.29, 1.82) is 0 Å². The SMILES string of the molecule is Cc1ccc(C(CO)C(O)C(F)(F)F)cc1Br. The Kier molecular flexibility index (Phi) is 4.57. The molecule has 0 aliphatic heterocycles. The highest BCUT2D eigenvalue weighted by Gasteiger charge is 2.43. The van der Waals surface area contributed by atoms with Crippen LogP contribution in [0.25, 0.3) is 0 Å². The van der Waals surface area contributed by atoms with Gasteiger partial charge in [0.25, 0.3) is 0 Å². The predicted molar refractivity (Wildman–Crippen MR) is 60.8 cm³/mol. The number of halogens is 4. The first-order valence-electron chi connectivity index (χ1n) is 4.89. The van der Waals surface area contributed by atoms with E-state index in [1.165, 1.54) is 12.1 Å². The molecule has 6 heteroatoms. The standard InChI is InChI=1S/C11H12BrF3O2/c1-6-2-3-7(4-9(6)12)8(5-16)10(17)11(13,14)15/h2-4,8,10,16-17H,5H2,1H3. The fraction of sp³-hybridized carbons (Fsp3) is 0.455. The number of benzene rings is 1. The fourth-order valence-corrected chi connectivity index (χ4v) is 1.85. The van der Waals surface area contributed by atoms with Crippen LogP contribution in [0, 0.1) is 6.92 Å². The summed E-state index contributed by atoms with van der Waals surface area (Å²) in [5, 5.41) is 18.2. The summed E-state index contributed by atoms with van der Waals surface area (Å²) < 4.78 is 37.8. The molecule has 0 aliphatic rings. The normalized spacial score (nSPS) is 15.7. The van der Waals surface area contributed by atoms with Crippen LogP contribution in [0.2, 0.25) is 0 Å². The predicted octanol–water partition coefficient (Wildman–Crippen LogP) is 2.76. The van der Waals surface area contributed by atoms with Crippen LogP contribution in [0.5, 0.6) is 0 Å². The Morgan fingerprint density at radius 2 is 1.94 bits per heavy atom. The van der Waals surface area contributed by atoms with Gasteiger partial charge in [0.1, 0.15) is 0 Å². The highest BCUT2D eigenvalue weighted by atomic mass is 79.9. The van der Waals surface area contributed by atoms with Gasteiger partial charge in [-0.2, -0.15) is 13.2 Å². The molecule has 17 heavy (non-hydrogen) atoms. The topological polar surface area (TPSA) is 40.5 Å². The van der Waals surface area contributed by atoms with Crippen molar-refractivity contribution in [3.05, 3.63) is 33.8 Å². The van der Waals surface area contributed by atoms with Crippen LogP contribution in [-0.4, -0.2) is 29.1 Å². The second kappa shape index (κ2) is 5.37. The number of rotatable bonds is 3. The summed E-state index contributed by atoms with van der Waals surface area (Å²) in [5.41, 5.74) is 1.11. The lowest BCUT2D eigenvalue weighted by atomic mass is 9.93. The minimum absolute atomic E-state index is 0.245. The third kappa shape index (κ3) is 3.43. The van der Waals surface area contributed by atoms with Crippen molar-refractivity contribution in [1.82, 2.24) is 0 Å². The summed E-state index contributed by atoms with van der Waals surface area (Å²) in [6, 6.07) is 4.58. The van der Waals surface area contributed by atoms with Gasteiger partial charge in [-0.3, -0.25) is 0 Å². The van der Waals surface area contributed by atoms with E-state index in [0.29, 0.717) is 4.47 Å². The summed E-state index contributed by atoms with van der Waals surface area (Å²) in [4.78, 5) is 0. The first-order valence-corrected chi connectivity index (χ1v) is 5.68.